The number of Topliss-reactive ketones (excluding diaryl/α,β-unsaturated/α-hetero) is 1. The first-order valence-electron chi connectivity index (χ1n) is 8.58. The highest BCUT2D eigenvalue weighted by atomic mass is 32.1. The fourth-order valence-electron chi connectivity index (χ4n) is 2.74. The molecule has 0 bridgehead atoms. The second kappa shape index (κ2) is 8.88. The number of ketones is 1. The molecule has 1 aromatic heterocycles. The van der Waals surface area contributed by atoms with Crippen LogP contribution in [-0.2, 0) is 19.6 Å². The van der Waals surface area contributed by atoms with Crippen molar-refractivity contribution in [3.63, 3.8) is 0 Å². The molecule has 0 saturated carbocycles. The summed E-state index contributed by atoms with van der Waals surface area (Å²) in [5.41, 5.74) is 2.66. The Balaban J connectivity index is 1.77. The fraction of sp³-hybridized carbons (Fsp3) is 0.238. The van der Waals surface area contributed by atoms with E-state index in [1.807, 2.05) is 24.3 Å². The molecule has 4 nitrogen and oxygen atoms in total. The van der Waals surface area contributed by atoms with Gasteiger partial charge < -0.3 is 4.74 Å². The number of rotatable bonds is 8. The minimum atomic E-state index is -0.244. The highest BCUT2D eigenvalue weighted by Crippen LogP contribution is 2.19. The molecule has 140 valence electrons. The van der Waals surface area contributed by atoms with Crippen molar-refractivity contribution >= 4 is 17.1 Å². The third-order valence-corrected chi connectivity index (χ3v) is 4.99. The Kier molecular flexibility index (Phi) is 6.32. The van der Waals surface area contributed by atoms with Crippen LogP contribution in [0, 0.1) is 5.82 Å². The van der Waals surface area contributed by atoms with Crippen LogP contribution >= 0.6 is 11.3 Å². The lowest BCUT2D eigenvalue weighted by Crippen LogP contribution is -2.22. The van der Waals surface area contributed by atoms with Crippen molar-refractivity contribution in [1.82, 2.24) is 9.88 Å². The minimum Gasteiger partial charge on any atom is -0.497 e. The van der Waals surface area contributed by atoms with Crippen molar-refractivity contribution in [3.8, 4) is 5.75 Å². The van der Waals surface area contributed by atoms with Gasteiger partial charge in [-0.25, -0.2) is 9.37 Å². The maximum absolute atomic E-state index is 13.2. The number of ether oxygens (including phenoxy) is 1. The molecular formula is C21H21FN2O2S. The molecule has 2 aromatic carbocycles. The molecule has 0 spiro atoms. The molecular weight excluding hydrogens is 363 g/mol. The van der Waals surface area contributed by atoms with Gasteiger partial charge >= 0.3 is 0 Å². The molecule has 3 aromatic rings. The first-order valence-corrected chi connectivity index (χ1v) is 9.46. The average molecular weight is 384 g/mol. The smallest absolute Gasteiger partial charge is 0.178 e. The summed E-state index contributed by atoms with van der Waals surface area (Å²) >= 11 is 1.48. The molecule has 0 N–H and O–H groups in total. The molecule has 0 atom stereocenters. The van der Waals surface area contributed by atoms with E-state index < -0.39 is 0 Å². The van der Waals surface area contributed by atoms with Gasteiger partial charge in [-0.3, -0.25) is 9.69 Å². The van der Waals surface area contributed by atoms with E-state index in [9.17, 15) is 9.18 Å². The van der Waals surface area contributed by atoms with Crippen LogP contribution in [0.2, 0.25) is 0 Å². The molecule has 0 radical (unpaired) electrons. The summed E-state index contributed by atoms with van der Waals surface area (Å²) in [6, 6.07) is 14.4. The van der Waals surface area contributed by atoms with Gasteiger partial charge in [-0.15, -0.1) is 11.3 Å². The minimum absolute atomic E-state index is 0.0299. The maximum Gasteiger partial charge on any atom is 0.178 e. The van der Waals surface area contributed by atoms with E-state index in [2.05, 4.69) is 9.88 Å². The van der Waals surface area contributed by atoms with Crippen molar-refractivity contribution in [2.75, 3.05) is 7.11 Å². The van der Waals surface area contributed by atoms with Gasteiger partial charge in [0.25, 0.3) is 0 Å². The lowest BCUT2D eigenvalue weighted by molar-refractivity contribution is 0.101. The number of methoxy groups -OCH3 is 1. The van der Waals surface area contributed by atoms with Crippen LogP contribution in [0.15, 0.2) is 53.9 Å². The normalized spacial score (nSPS) is 11.0. The number of nitrogens with zero attached hydrogens (tertiary/aromatic N) is 2. The molecule has 0 unspecified atom stereocenters. The van der Waals surface area contributed by atoms with Crippen LogP contribution in [0.1, 0.15) is 33.5 Å². The van der Waals surface area contributed by atoms with Crippen LogP contribution in [0.5, 0.6) is 5.75 Å². The summed E-state index contributed by atoms with van der Waals surface area (Å²) in [5, 5.41) is 2.68. The first kappa shape index (κ1) is 19.2. The van der Waals surface area contributed by atoms with Crippen LogP contribution in [0.4, 0.5) is 4.39 Å². The van der Waals surface area contributed by atoms with Crippen molar-refractivity contribution in [3.05, 3.63) is 81.6 Å². The number of hydrogen-bond acceptors (Lipinski definition) is 5. The molecule has 0 aliphatic heterocycles. The Labute approximate surface area is 162 Å². The molecule has 3 rings (SSSR count). The van der Waals surface area contributed by atoms with E-state index in [0.717, 1.165) is 21.9 Å². The van der Waals surface area contributed by atoms with Crippen LogP contribution in [0.25, 0.3) is 0 Å². The third-order valence-electron chi connectivity index (χ3n) is 4.16. The zero-order valence-corrected chi connectivity index (χ0v) is 16.1. The van der Waals surface area contributed by atoms with Gasteiger partial charge in [0.15, 0.2) is 5.78 Å². The van der Waals surface area contributed by atoms with E-state index >= 15 is 0 Å². The Bertz CT molecular complexity index is 891. The zero-order chi connectivity index (χ0) is 19.2. The molecule has 0 saturated heterocycles. The van der Waals surface area contributed by atoms with Crippen molar-refractivity contribution in [2.45, 2.75) is 26.6 Å². The summed E-state index contributed by atoms with van der Waals surface area (Å²) in [4.78, 5) is 18.1. The van der Waals surface area contributed by atoms with Crippen molar-refractivity contribution in [2.24, 2.45) is 0 Å². The number of benzene rings is 2. The van der Waals surface area contributed by atoms with E-state index in [1.165, 1.54) is 30.4 Å². The topological polar surface area (TPSA) is 42.4 Å². The Morgan fingerprint density at radius 2 is 1.63 bits per heavy atom. The standard InChI is InChI=1S/C21H21FN2O2S/c1-15(25)20-14-27-21(23-20)13-24(11-16-3-7-18(22)8-4-16)12-17-5-9-19(26-2)10-6-17/h3-10,14H,11-13H2,1-2H3. The number of halogens is 1. The number of carbonyl (C=O) groups excluding carboxylic acids is 1. The number of aromatic nitrogens is 1. The van der Waals surface area contributed by atoms with Crippen molar-refractivity contribution in [1.29, 1.82) is 0 Å². The van der Waals surface area contributed by atoms with Crippen molar-refractivity contribution < 1.29 is 13.9 Å². The van der Waals surface area contributed by atoms with Gasteiger partial charge in [0.05, 0.1) is 13.7 Å². The highest BCUT2D eigenvalue weighted by molar-refractivity contribution is 7.09. The molecule has 27 heavy (non-hydrogen) atoms. The lowest BCUT2D eigenvalue weighted by Gasteiger charge is -2.21. The molecule has 0 fully saturated rings. The van der Waals surface area contributed by atoms with E-state index in [0.29, 0.717) is 25.3 Å². The highest BCUT2D eigenvalue weighted by Gasteiger charge is 2.13. The predicted octanol–water partition coefficient (Wildman–Crippen LogP) is 4.70. The number of thiazole rings is 1. The van der Waals surface area contributed by atoms with Crippen LogP contribution in [0.3, 0.4) is 0 Å². The largest absolute Gasteiger partial charge is 0.497 e. The molecule has 0 amide bonds. The Hall–Kier alpha value is -2.57. The second-order valence-electron chi connectivity index (χ2n) is 6.30. The summed E-state index contributed by atoms with van der Waals surface area (Å²) < 4.78 is 18.4. The monoisotopic (exact) mass is 384 g/mol. The average Bonchev–Trinajstić information content (AvgIpc) is 3.13. The van der Waals surface area contributed by atoms with Crippen LogP contribution in [-0.4, -0.2) is 22.8 Å². The fourth-order valence-corrected chi connectivity index (χ4v) is 3.62. The predicted molar refractivity (Wildman–Crippen MR) is 104 cm³/mol. The van der Waals surface area contributed by atoms with Gasteiger partial charge in [0, 0.05) is 25.4 Å². The molecule has 6 heteroatoms. The first-order chi connectivity index (χ1) is 13.0. The number of carbonyl (C=O) groups is 1. The molecule has 1 heterocycles. The zero-order valence-electron chi connectivity index (χ0n) is 15.3. The Morgan fingerprint density at radius 1 is 1.04 bits per heavy atom. The summed E-state index contributed by atoms with van der Waals surface area (Å²) in [6.45, 7) is 3.49. The summed E-state index contributed by atoms with van der Waals surface area (Å²) in [6.07, 6.45) is 0. The molecule has 0 aliphatic carbocycles. The van der Waals surface area contributed by atoms with Gasteiger partial charge in [0.2, 0.25) is 0 Å². The lowest BCUT2D eigenvalue weighted by atomic mass is 10.1. The van der Waals surface area contributed by atoms with Gasteiger partial charge in [-0.05, 0) is 35.4 Å². The number of hydrogen-bond donors (Lipinski definition) is 0. The third kappa shape index (κ3) is 5.45. The summed E-state index contributed by atoms with van der Waals surface area (Å²) in [7, 11) is 1.64. The second-order valence-corrected chi connectivity index (χ2v) is 7.25. The maximum atomic E-state index is 13.2. The van der Waals surface area contributed by atoms with Gasteiger partial charge in [-0.2, -0.15) is 0 Å². The van der Waals surface area contributed by atoms with E-state index in [1.54, 1.807) is 24.6 Å². The van der Waals surface area contributed by atoms with E-state index in [4.69, 9.17) is 4.74 Å². The van der Waals surface area contributed by atoms with Gasteiger partial charge in [0.1, 0.15) is 22.3 Å². The SMILES string of the molecule is COc1ccc(CN(Cc2ccc(F)cc2)Cc2nc(C(C)=O)cs2)cc1. The quantitative estimate of drug-likeness (QED) is 0.528. The van der Waals surface area contributed by atoms with Gasteiger partial charge in [-0.1, -0.05) is 24.3 Å². The van der Waals surface area contributed by atoms with Crippen LogP contribution < -0.4 is 4.74 Å². The van der Waals surface area contributed by atoms with E-state index in [-0.39, 0.29) is 11.6 Å². The Morgan fingerprint density at radius 3 is 2.15 bits per heavy atom. The molecule has 0 aliphatic rings. The summed E-state index contributed by atoms with van der Waals surface area (Å²) in [5.74, 6) is 0.541.